The lowest BCUT2D eigenvalue weighted by atomic mass is 10.2. The molecule has 0 saturated carbocycles. The number of nitrogens with one attached hydrogen (secondary N) is 1. The number of carboxylic acids is 1. The van der Waals surface area contributed by atoms with Crippen molar-refractivity contribution < 1.29 is 19.4 Å². The molecule has 0 aliphatic rings. The van der Waals surface area contributed by atoms with E-state index < -0.39 is 17.9 Å². The lowest BCUT2D eigenvalue weighted by Gasteiger charge is -2.10. The number of carboxylic acid groups (broad SMARTS) is 1. The Kier molecular flexibility index (Phi) is 4.14. The van der Waals surface area contributed by atoms with Crippen LogP contribution in [0.2, 0.25) is 0 Å². The molecule has 1 aromatic carbocycles. The standard InChI is InChI=1S/C14H14N2O4/c1-9(14(18)19)16-13(17)8-20-11-6-10-4-2-3-5-12(10)15-7-11/h2-7,9H,8H2,1H3,(H,16,17)(H,18,19). The number of aromatic nitrogens is 1. The van der Waals surface area contributed by atoms with Crippen molar-refractivity contribution in [1.82, 2.24) is 10.3 Å². The smallest absolute Gasteiger partial charge is 0.325 e. The molecule has 20 heavy (non-hydrogen) atoms. The average molecular weight is 274 g/mol. The first-order chi connectivity index (χ1) is 9.56. The normalized spacial score (nSPS) is 11.8. The van der Waals surface area contributed by atoms with Gasteiger partial charge < -0.3 is 15.2 Å². The van der Waals surface area contributed by atoms with Crippen LogP contribution in [0.25, 0.3) is 10.9 Å². The second-order valence-electron chi connectivity index (χ2n) is 4.28. The Hall–Kier alpha value is -2.63. The molecular weight excluding hydrogens is 260 g/mol. The molecule has 2 aromatic rings. The molecule has 104 valence electrons. The Morgan fingerprint density at radius 1 is 1.40 bits per heavy atom. The fourth-order valence-corrected chi connectivity index (χ4v) is 1.62. The fraction of sp³-hybridized carbons (Fsp3) is 0.214. The van der Waals surface area contributed by atoms with Crippen LogP contribution in [0.3, 0.4) is 0 Å². The first-order valence-corrected chi connectivity index (χ1v) is 6.06. The highest BCUT2D eigenvalue weighted by atomic mass is 16.5. The zero-order valence-electron chi connectivity index (χ0n) is 10.9. The number of carbonyl (C=O) groups is 2. The maximum Gasteiger partial charge on any atom is 0.325 e. The van der Waals surface area contributed by atoms with E-state index in [1.165, 1.54) is 13.1 Å². The van der Waals surface area contributed by atoms with E-state index in [1.54, 1.807) is 6.07 Å². The molecule has 0 aliphatic heterocycles. The van der Waals surface area contributed by atoms with Crippen LogP contribution in [0.4, 0.5) is 0 Å². The van der Waals surface area contributed by atoms with Crippen molar-refractivity contribution in [3.63, 3.8) is 0 Å². The van der Waals surface area contributed by atoms with Crippen molar-refractivity contribution in [2.45, 2.75) is 13.0 Å². The van der Waals surface area contributed by atoms with Crippen LogP contribution in [0.15, 0.2) is 36.5 Å². The van der Waals surface area contributed by atoms with E-state index in [1.807, 2.05) is 24.3 Å². The number of ether oxygens (including phenoxy) is 1. The third kappa shape index (κ3) is 3.44. The molecule has 0 spiro atoms. The van der Waals surface area contributed by atoms with Gasteiger partial charge in [-0.1, -0.05) is 18.2 Å². The summed E-state index contributed by atoms with van der Waals surface area (Å²) in [5.74, 6) is -1.12. The lowest BCUT2D eigenvalue weighted by molar-refractivity contribution is -0.141. The quantitative estimate of drug-likeness (QED) is 0.855. The monoisotopic (exact) mass is 274 g/mol. The van der Waals surface area contributed by atoms with Gasteiger partial charge in [-0.25, -0.2) is 0 Å². The van der Waals surface area contributed by atoms with Gasteiger partial charge in [-0.3, -0.25) is 14.6 Å². The van der Waals surface area contributed by atoms with Crippen molar-refractivity contribution in [2.24, 2.45) is 0 Å². The van der Waals surface area contributed by atoms with Crippen molar-refractivity contribution in [3.8, 4) is 5.75 Å². The molecule has 1 atom stereocenters. The molecule has 2 rings (SSSR count). The van der Waals surface area contributed by atoms with Crippen molar-refractivity contribution in [1.29, 1.82) is 0 Å². The van der Waals surface area contributed by atoms with Crippen LogP contribution >= 0.6 is 0 Å². The maximum absolute atomic E-state index is 11.5. The Labute approximate surface area is 115 Å². The summed E-state index contributed by atoms with van der Waals surface area (Å²) in [5.41, 5.74) is 0.837. The molecule has 6 heteroatoms. The first-order valence-electron chi connectivity index (χ1n) is 6.06. The van der Waals surface area contributed by atoms with Crippen LogP contribution in [0.1, 0.15) is 6.92 Å². The number of rotatable bonds is 5. The maximum atomic E-state index is 11.5. The average Bonchev–Trinajstić information content (AvgIpc) is 2.44. The van der Waals surface area contributed by atoms with Crippen molar-refractivity contribution in [2.75, 3.05) is 6.61 Å². The molecule has 1 heterocycles. The summed E-state index contributed by atoms with van der Waals surface area (Å²) in [4.78, 5) is 26.3. The molecule has 0 aliphatic carbocycles. The van der Waals surface area contributed by atoms with E-state index in [4.69, 9.17) is 9.84 Å². The van der Waals surface area contributed by atoms with Gasteiger partial charge in [0, 0.05) is 5.39 Å². The summed E-state index contributed by atoms with van der Waals surface area (Å²) in [7, 11) is 0. The fourth-order valence-electron chi connectivity index (χ4n) is 1.62. The van der Waals surface area contributed by atoms with Gasteiger partial charge in [0.25, 0.3) is 5.91 Å². The zero-order valence-corrected chi connectivity index (χ0v) is 10.9. The van der Waals surface area contributed by atoms with Gasteiger partial charge in [-0.2, -0.15) is 0 Å². The van der Waals surface area contributed by atoms with E-state index in [0.29, 0.717) is 5.75 Å². The van der Waals surface area contributed by atoms with Gasteiger partial charge in [0.15, 0.2) is 6.61 Å². The number of amides is 1. The van der Waals surface area contributed by atoms with E-state index in [-0.39, 0.29) is 6.61 Å². The highest BCUT2D eigenvalue weighted by molar-refractivity contribution is 5.84. The van der Waals surface area contributed by atoms with Gasteiger partial charge in [0.05, 0.1) is 11.7 Å². The molecule has 0 bridgehead atoms. The number of carbonyl (C=O) groups excluding carboxylic acids is 1. The SMILES string of the molecule is CC(NC(=O)COc1cnc2ccccc2c1)C(=O)O. The molecule has 2 N–H and O–H groups in total. The third-order valence-corrected chi connectivity index (χ3v) is 2.68. The predicted octanol–water partition coefficient (Wildman–Crippen LogP) is 1.20. The minimum Gasteiger partial charge on any atom is -0.482 e. The van der Waals surface area contributed by atoms with E-state index in [2.05, 4.69) is 10.3 Å². The van der Waals surface area contributed by atoms with Crippen LogP contribution in [0, 0.1) is 0 Å². The summed E-state index contributed by atoms with van der Waals surface area (Å²) in [6.45, 7) is 1.13. The van der Waals surface area contributed by atoms with Crippen LogP contribution < -0.4 is 10.1 Å². The van der Waals surface area contributed by atoms with Crippen LogP contribution in [0.5, 0.6) is 5.75 Å². The number of nitrogens with zero attached hydrogens (tertiary/aromatic N) is 1. The lowest BCUT2D eigenvalue weighted by Crippen LogP contribution is -2.40. The largest absolute Gasteiger partial charge is 0.482 e. The number of pyridine rings is 1. The summed E-state index contributed by atoms with van der Waals surface area (Å²) >= 11 is 0. The molecule has 6 nitrogen and oxygen atoms in total. The molecule has 1 unspecified atom stereocenters. The number of aliphatic carboxylic acids is 1. The van der Waals surface area contributed by atoms with Gasteiger partial charge in [-0.15, -0.1) is 0 Å². The topological polar surface area (TPSA) is 88.5 Å². The van der Waals surface area contributed by atoms with Crippen LogP contribution in [-0.4, -0.2) is 34.6 Å². The predicted molar refractivity (Wildman–Crippen MR) is 72.5 cm³/mol. The van der Waals surface area contributed by atoms with E-state index in [0.717, 1.165) is 10.9 Å². The number of hydrogen-bond acceptors (Lipinski definition) is 4. The first kappa shape index (κ1) is 13.8. The van der Waals surface area contributed by atoms with Gasteiger partial charge in [0.1, 0.15) is 11.8 Å². The second-order valence-corrected chi connectivity index (χ2v) is 4.28. The number of fused-ring (bicyclic) bond motifs is 1. The van der Waals surface area contributed by atoms with Gasteiger partial charge >= 0.3 is 5.97 Å². The third-order valence-electron chi connectivity index (χ3n) is 2.68. The highest BCUT2D eigenvalue weighted by Crippen LogP contribution is 2.17. The molecule has 1 aromatic heterocycles. The summed E-state index contributed by atoms with van der Waals surface area (Å²) in [6, 6.07) is 8.37. The Morgan fingerprint density at radius 3 is 2.90 bits per heavy atom. The molecule has 0 fully saturated rings. The number of hydrogen-bond donors (Lipinski definition) is 2. The second kappa shape index (κ2) is 6.01. The Balaban J connectivity index is 1.95. The highest BCUT2D eigenvalue weighted by Gasteiger charge is 2.14. The molecule has 0 radical (unpaired) electrons. The number of para-hydroxylation sites is 1. The Bertz CT molecular complexity index is 642. The van der Waals surface area contributed by atoms with Crippen LogP contribution in [-0.2, 0) is 9.59 Å². The minimum absolute atomic E-state index is 0.252. The van der Waals surface area contributed by atoms with E-state index in [9.17, 15) is 9.59 Å². The van der Waals surface area contributed by atoms with Crippen molar-refractivity contribution >= 4 is 22.8 Å². The van der Waals surface area contributed by atoms with Gasteiger partial charge in [0.2, 0.25) is 0 Å². The zero-order chi connectivity index (χ0) is 14.5. The Morgan fingerprint density at radius 2 is 2.15 bits per heavy atom. The summed E-state index contributed by atoms with van der Waals surface area (Å²) in [6.07, 6.45) is 1.52. The molecular formula is C14H14N2O4. The van der Waals surface area contributed by atoms with Gasteiger partial charge in [-0.05, 0) is 19.1 Å². The summed E-state index contributed by atoms with van der Waals surface area (Å²) < 4.78 is 5.29. The molecule has 1 amide bonds. The van der Waals surface area contributed by atoms with E-state index >= 15 is 0 Å². The summed E-state index contributed by atoms with van der Waals surface area (Å²) in [5, 5.41) is 11.9. The van der Waals surface area contributed by atoms with Crippen molar-refractivity contribution in [3.05, 3.63) is 36.5 Å². The minimum atomic E-state index is -1.09. The number of benzene rings is 1. The molecule has 0 saturated heterocycles.